The second kappa shape index (κ2) is 6.36. The van der Waals surface area contributed by atoms with Crippen molar-refractivity contribution in [1.29, 1.82) is 0 Å². The van der Waals surface area contributed by atoms with Gasteiger partial charge in [-0.1, -0.05) is 45.4 Å². The van der Waals surface area contributed by atoms with Crippen molar-refractivity contribution in [1.82, 2.24) is 5.32 Å². The summed E-state index contributed by atoms with van der Waals surface area (Å²) in [5.74, 6) is 0. The van der Waals surface area contributed by atoms with E-state index in [1.165, 1.54) is 24.1 Å². The molecule has 1 saturated heterocycles. The monoisotopic (exact) mass is 294 g/mol. The number of piperidine rings is 1. The van der Waals surface area contributed by atoms with Crippen molar-refractivity contribution in [3.63, 3.8) is 0 Å². The van der Waals surface area contributed by atoms with Crippen LogP contribution in [0.4, 0.5) is 5.69 Å². The molecule has 0 amide bonds. The van der Waals surface area contributed by atoms with E-state index in [0.717, 1.165) is 24.7 Å². The molecule has 2 nitrogen and oxygen atoms in total. The fraction of sp³-hybridized carbons (Fsp3) is 0.647. The molecule has 1 N–H and O–H groups in total. The minimum absolute atomic E-state index is 0.476. The van der Waals surface area contributed by atoms with E-state index in [1.54, 1.807) is 0 Å². The Morgan fingerprint density at radius 2 is 1.90 bits per heavy atom. The van der Waals surface area contributed by atoms with Crippen molar-refractivity contribution in [2.24, 2.45) is 5.41 Å². The quantitative estimate of drug-likeness (QED) is 0.882. The van der Waals surface area contributed by atoms with Gasteiger partial charge in [-0.25, -0.2) is 0 Å². The van der Waals surface area contributed by atoms with Gasteiger partial charge in [0.15, 0.2) is 0 Å². The first-order chi connectivity index (χ1) is 9.37. The molecular weight excluding hydrogens is 268 g/mol. The molecule has 0 radical (unpaired) electrons. The summed E-state index contributed by atoms with van der Waals surface area (Å²) >= 11 is 6.48. The molecule has 0 aliphatic carbocycles. The van der Waals surface area contributed by atoms with Crippen molar-refractivity contribution in [2.45, 2.75) is 53.1 Å². The van der Waals surface area contributed by atoms with Crippen molar-refractivity contribution in [3.8, 4) is 0 Å². The molecule has 1 aliphatic rings. The van der Waals surface area contributed by atoms with Gasteiger partial charge in [0.1, 0.15) is 0 Å². The van der Waals surface area contributed by atoms with Crippen LogP contribution in [0.1, 0.15) is 46.1 Å². The SMILES string of the molecule is CC(C)NCc1ccc(N2CCC(C)(C)CC2)c(Cl)c1. The van der Waals surface area contributed by atoms with Gasteiger partial charge in [0.2, 0.25) is 0 Å². The maximum Gasteiger partial charge on any atom is 0.0642 e. The number of hydrogen-bond donors (Lipinski definition) is 1. The lowest BCUT2D eigenvalue weighted by molar-refractivity contribution is 0.280. The van der Waals surface area contributed by atoms with Gasteiger partial charge in [-0.2, -0.15) is 0 Å². The summed E-state index contributed by atoms with van der Waals surface area (Å²) in [4.78, 5) is 2.42. The van der Waals surface area contributed by atoms with E-state index in [0.29, 0.717) is 11.5 Å². The molecule has 0 aromatic heterocycles. The van der Waals surface area contributed by atoms with E-state index >= 15 is 0 Å². The average molecular weight is 295 g/mol. The largest absolute Gasteiger partial charge is 0.370 e. The third kappa shape index (κ3) is 4.13. The third-order valence-electron chi connectivity index (χ3n) is 4.18. The maximum absolute atomic E-state index is 6.48. The Hall–Kier alpha value is -0.730. The van der Waals surface area contributed by atoms with Gasteiger partial charge >= 0.3 is 0 Å². The van der Waals surface area contributed by atoms with Gasteiger partial charge in [-0.3, -0.25) is 0 Å². The van der Waals surface area contributed by atoms with Crippen molar-refractivity contribution in [2.75, 3.05) is 18.0 Å². The van der Waals surface area contributed by atoms with Crippen molar-refractivity contribution in [3.05, 3.63) is 28.8 Å². The van der Waals surface area contributed by atoms with Gasteiger partial charge in [-0.15, -0.1) is 0 Å². The van der Waals surface area contributed by atoms with E-state index in [1.807, 2.05) is 0 Å². The highest BCUT2D eigenvalue weighted by Crippen LogP contribution is 2.35. The zero-order chi connectivity index (χ0) is 14.8. The Morgan fingerprint density at radius 1 is 1.25 bits per heavy atom. The first kappa shape index (κ1) is 15.7. The van der Waals surface area contributed by atoms with E-state index in [9.17, 15) is 0 Å². The zero-order valence-corrected chi connectivity index (χ0v) is 13.9. The predicted molar refractivity (Wildman–Crippen MR) is 88.7 cm³/mol. The summed E-state index contributed by atoms with van der Waals surface area (Å²) in [6.45, 7) is 12.1. The fourth-order valence-corrected chi connectivity index (χ4v) is 2.91. The molecule has 20 heavy (non-hydrogen) atoms. The molecule has 0 atom stereocenters. The lowest BCUT2D eigenvalue weighted by Gasteiger charge is -2.38. The number of nitrogens with one attached hydrogen (secondary N) is 1. The molecular formula is C17H27ClN2. The van der Waals surface area contributed by atoms with Crippen LogP contribution in [0.15, 0.2) is 18.2 Å². The highest BCUT2D eigenvalue weighted by Gasteiger charge is 2.26. The molecule has 1 aromatic carbocycles. The van der Waals surface area contributed by atoms with Crippen LogP contribution in [0.25, 0.3) is 0 Å². The minimum atomic E-state index is 0.476. The average Bonchev–Trinajstić information content (AvgIpc) is 2.37. The summed E-state index contributed by atoms with van der Waals surface area (Å²) in [5.41, 5.74) is 2.92. The number of hydrogen-bond acceptors (Lipinski definition) is 2. The van der Waals surface area contributed by atoms with Crippen molar-refractivity contribution < 1.29 is 0 Å². The lowest BCUT2D eigenvalue weighted by atomic mass is 9.82. The molecule has 0 bridgehead atoms. The van der Waals surface area contributed by atoms with E-state index in [2.05, 4.69) is 56.1 Å². The van der Waals surface area contributed by atoms with Crippen LogP contribution in [0, 0.1) is 5.41 Å². The smallest absolute Gasteiger partial charge is 0.0642 e. The predicted octanol–water partition coefficient (Wildman–Crippen LogP) is 4.46. The van der Waals surface area contributed by atoms with Crippen LogP contribution in [0.2, 0.25) is 5.02 Å². The molecule has 0 saturated carbocycles. The van der Waals surface area contributed by atoms with Gasteiger partial charge in [0.05, 0.1) is 10.7 Å². The van der Waals surface area contributed by atoms with Gasteiger partial charge in [0.25, 0.3) is 0 Å². The Balaban J connectivity index is 2.03. The molecule has 0 spiro atoms. The Morgan fingerprint density at radius 3 is 2.45 bits per heavy atom. The van der Waals surface area contributed by atoms with Gasteiger partial charge in [0, 0.05) is 25.7 Å². The summed E-state index contributed by atoms with van der Waals surface area (Å²) in [6.07, 6.45) is 2.47. The Kier molecular flexibility index (Phi) is 4.98. The second-order valence-corrected chi connectivity index (χ2v) is 7.38. The molecule has 1 fully saturated rings. The van der Waals surface area contributed by atoms with Crippen molar-refractivity contribution >= 4 is 17.3 Å². The maximum atomic E-state index is 6.48. The van der Waals surface area contributed by atoms with Crippen LogP contribution in [0.3, 0.4) is 0 Å². The van der Waals surface area contributed by atoms with E-state index in [-0.39, 0.29) is 0 Å². The second-order valence-electron chi connectivity index (χ2n) is 6.97. The highest BCUT2D eigenvalue weighted by molar-refractivity contribution is 6.33. The molecule has 1 aliphatic heterocycles. The van der Waals surface area contributed by atoms with Crippen LogP contribution in [-0.4, -0.2) is 19.1 Å². The molecule has 1 aromatic rings. The number of rotatable bonds is 4. The number of halogens is 1. The van der Waals surface area contributed by atoms with Crippen LogP contribution < -0.4 is 10.2 Å². The first-order valence-corrected chi connectivity index (χ1v) is 8.02. The first-order valence-electron chi connectivity index (χ1n) is 7.64. The summed E-state index contributed by atoms with van der Waals surface area (Å²) in [5, 5.41) is 4.31. The third-order valence-corrected chi connectivity index (χ3v) is 4.49. The normalized spacial score (nSPS) is 18.6. The molecule has 3 heteroatoms. The summed E-state index contributed by atoms with van der Waals surface area (Å²) in [7, 11) is 0. The minimum Gasteiger partial charge on any atom is -0.370 e. The number of benzene rings is 1. The Labute approximate surface area is 128 Å². The topological polar surface area (TPSA) is 15.3 Å². The molecule has 2 rings (SSSR count). The van der Waals surface area contributed by atoms with Gasteiger partial charge < -0.3 is 10.2 Å². The highest BCUT2D eigenvalue weighted by atomic mass is 35.5. The van der Waals surface area contributed by atoms with Gasteiger partial charge in [-0.05, 0) is 36.0 Å². The Bertz CT molecular complexity index is 444. The fourth-order valence-electron chi connectivity index (χ4n) is 2.59. The zero-order valence-electron chi connectivity index (χ0n) is 13.2. The standard InChI is InChI=1S/C17H27ClN2/c1-13(2)19-12-14-5-6-16(15(18)11-14)20-9-7-17(3,4)8-10-20/h5-6,11,13,19H,7-10,12H2,1-4H3. The molecule has 0 unspecified atom stereocenters. The van der Waals surface area contributed by atoms with Crippen LogP contribution >= 0.6 is 11.6 Å². The van der Waals surface area contributed by atoms with E-state index < -0.39 is 0 Å². The number of anilines is 1. The summed E-state index contributed by atoms with van der Waals surface area (Å²) < 4.78 is 0. The summed E-state index contributed by atoms with van der Waals surface area (Å²) in [6, 6.07) is 6.97. The van der Waals surface area contributed by atoms with E-state index in [4.69, 9.17) is 11.6 Å². The van der Waals surface area contributed by atoms with Crippen LogP contribution in [-0.2, 0) is 6.54 Å². The number of nitrogens with zero attached hydrogens (tertiary/aromatic N) is 1. The lowest BCUT2D eigenvalue weighted by Crippen LogP contribution is -2.37. The van der Waals surface area contributed by atoms with Crippen LogP contribution in [0.5, 0.6) is 0 Å². The molecule has 112 valence electrons. The molecule has 1 heterocycles.